The Balaban J connectivity index is 1.57. The summed E-state index contributed by atoms with van der Waals surface area (Å²) in [6.07, 6.45) is 2.49. The van der Waals surface area contributed by atoms with Gasteiger partial charge in [0.2, 0.25) is 15.9 Å². The summed E-state index contributed by atoms with van der Waals surface area (Å²) in [5.74, 6) is -0.340. The van der Waals surface area contributed by atoms with Crippen LogP contribution in [-0.2, 0) is 21.4 Å². The average molecular weight is 463 g/mol. The van der Waals surface area contributed by atoms with Crippen LogP contribution in [0.2, 0.25) is 15.2 Å². The van der Waals surface area contributed by atoms with E-state index in [0.29, 0.717) is 24.5 Å². The molecule has 1 amide bonds. The number of rotatable bonds is 5. The number of amides is 1. The molecule has 28 heavy (non-hydrogen) atoms. The highest BCUT2D eigenvalue weighted by molar-refractivity contribution is 7.89. The molecule has 1 aromatic heterocycles. The number of carbonyl (C=O) groups is 1. The first kappa shape index (κ1) is 21.3. The number of halogens is 3. The molecule has 1 fully saturated rings. The molecule has 2 heterocycles. The fourth-order valence-corrected chi connectivity index (χ4v) is 5.34. The van der Waals surface area contributed by atoms with E-state index < -0.39 is 10.0 Å². The summed E-state index contributed by atoms with van der Waals surface area (Å²) < 4.78 is 27.0. The minimum atomic E-state index is -3.70. The number of carbonyl (C=O) groups excluding carboxylic acids is 1. The highest BCUT2D eigenvalue weighted by Crippen LogP contribution is 2.28. The summed E-state index contributed by atoms with van der Waals surface area (Å²) in [5, 5.41) is 3.78. The topological polar surface area (TPSA) is 79.4 Å². The maximum atomic E-state index is 12.8. The number of hydrogen-bond acceptors (Lipinski definition) is 4. The van der Waals surface area contributed by atoms with Crippen LogP contribution < -0.4 is 5.32 Å². The molecule has 2 aromatic rings. The van der Waals surface area contributed by atoms with Gasteiger partial charge in [-0.1, -0.05) is 40.9 Å². The maximum Gasteiger partial charge on any atom is 0.243 e. The minimum absolute atomic E-state index is 0.0585. The zero-order valence-corrected chi connectivity index (χ0v) is 17.8. The standard InChI is InChI=1S/C18H18Cl3N3O3S/c19-14-7-15(20)9-16(8-14)28(26,27)24-5-3-13(4-6-24)18(25)23-11-12-1-2-17(21)22-10-12/h1-2,7-10,13H,3-6,11H2,(H,23,25). The van der Waals surface area contributed by atoms with Gasteiger partial charge in [0.25, 0.3) is 0 Å². The van der Waals surface area contributed by atoms with Crippen LogP contribution in [-0.4, -0.2) is 36.7 Å². The van der Waals surface area contributed by atoms with E-state index in [1.165, 1.54) is 22.5 Å². The molecule has 1 aliphatic heterocycles. The van der Waals surface area contributed by atoms with Crippen molar-refractivity contribution in [2.24, 2.45) is 5.92 Å². The van der Waals surface area contributed by atoms with Crippen molar-refractivity contribution in [3.05, 3.63) is 57.3 Å². The first-order valence-electron chi connectivity index (χ1n) is 8.60. The molecule has 1 aromatic carbocycles. The molecule has 0 spiro atoms. The monoisotopic (exact) mass is 461 g/mol. The molecule has 0 bridgehead atoms. The van der Waals surface area contributed by atoms with Crippen molar-refractivity contribution >= 4 is 50.7 Å². The van der Waals surface area contributed by atoms with Gasteiger partial charge in [-0.25, -0.2) is 13.4 Å². The quantitative estimate of drug-likeness (QED) is 0.686. The van der Waals surface area contributed by atoms with Crippen LogP contribution in [0, 0.1) is 5.92 Å². The van der Waals surface area contributed by atoms with Crippen molar-refractivity contribution in [3.8, 4) is 0 Å². The molecular weight excluding hydrogens is 445 g/mol. The Kier molecular flexibility index (Phi) is 6.83. The van der Waals surface area contributed by atoms with E-state index >= 15 is 0 Å². The van der Waals surface area contributed by atoms with Crippen molar-refractivity contribution in [2.45, 2.75) is 24.3 Å². The van der Waals surface area contributed by atoms with Gasteiger partial charge in [-0.15, -0.1) is 0 Å². The van der Waals surface area contributed by atoms with Gasteiger partial charge in [-0.2, -0.15) is 4.31 Å². The average Bonchev–Trinajstić information content (AvgIpc) is 2.66. The molecule has 0 unspecified atom stereocenters. The van der Waals surface area contributed by atoms with Crippen LogP contribution in [0.4, 0.5) is 0 Å². The van der Waals surface area contributed by atoms with Gasteiger partial charge < -0.3 is 5.32 Å². The Labute approximate surface area is 178 Å². The van der Waals surface area contributed by atoms with E-state index in [9.17, 15) is 13.2 Å². The maximum absolute atomic E-state index is 12.8. The number of benzene rings is 1. The zero-order chi connectivity index (χ0) is 20.3. The fraction of sp³-hybridized carbons (Fsp3) is 0.333. The summed E-state index contributed by atoms with van der Waals surface area (Å²) in [6.45, 7) is 0.864. The van der Waals surface area contributed by atoms with Crippen LogP contribution in [0.5, 0.6) is 0 Å². The van der Waals surface area contributed by atoms with Crippen molar-refractivity contribution in [1.82, 2.24) is 14.6 Å². The molecule has 10 heteroatoms. The third-order valence-corrected chi connectivity index (χ3v) is 7.09. The van der Waals surface area contributed by atoms with Crippen molar-refractivity contribution < 1.29 is 13.2 Å². The molecule has 6 nitrogen and oxygen atoms in total. The number of aromatic nitrogens is 1. The van der Waals surface area contributed by atoms with Crippen LogP contribution in [0.15, 0.2) is 41.4 Å². The van der Waals surface area contributed by atoms with Crippen molar-refractivity contribution in [3.63, 3.8) is 0 Å². The van der Waals surface area contributed by atoms with Gasteiger partial charge in [0.15, 0.2) is 0 Å². The van der Waals surface area contributed by atoms with Gasteiger partial charge >= 0.3 is 0 Å². The smallest absolute Gasteiger partial charge is 0.243 e. The molecule has 150 valence electrons. The molecule has 0 saturated carbocycles. The lowest BCUT2D eigenvalue weighted by Gasteiger charge is -2.30. The Hall–Kier alpha value is -1.38. The van der Waals surface area contributed by atoms with Gasteiger partial charge in [0, 0.05) is 41.8 Å². The predicted octanol–water partition coefficient (Wildman–Crippen LogP) is 3.76. The number of sulfonamides is 1. The van der Waals surface area contributed by atoms with Gasteiger partial charge in [-0.05, 0) is 42.7 Å². The first-order valence-corrected chi connectivity index (χ1v) is 11.2. The fourth-order valence-electron chi connectivity index (χ4n) is 3.03. The zero-order valence-electron chi connectivity index (χ0n) is 14.7. The van der Waals surface area contributed by atoms with Crippen LogP contribution in [0.25, 0.3) is 0 Å². The summed E-state index contributed by atoms with van der Waals surface area (Å²) >= 11 is 17.6. The normalized spacial score (nSPS) is 16.1. The minimum Gasteiger partial charge on any atom is -0.352 e. The summed E-state index contributed by atoms with van der Waals surface area (Å²) in [7, 11) is -3.70. The SMILES string of the molecule is O=C(NCc1ccc(Cl)nc1)C1CCN(S(=O)(=O)c2cc(Cl)cc(Cl)c2)CC1. The second-order valence-corrected chi connectivity index (χ2v) is 9.69. The molecule has 1 aliphatic rings. The molecule has 1 N–H and O–H groups in total. The second kappa shape index (κ2) is 8.97. The molecule has 0 aliphatic carbocycles. The van der Waals surface area contributed by atoms with Crippen molar-refractivity contribution in [2.75, 3.05) is 13.1 Å². The number of pyridine rings is 1. The Morgan fingerprint density at radius 3 is 2.32 bits per heavy atom. The van der Waals surface area contributed by atoms with Crippen LogP contribution >= 0.6 is 34.8 Å². The number of hydrogen-bond donors (Lipinski definition) is 1. The predicted molar refractivity (Wildman–Crippen MR) is 109 cm³/mol. The third-order valence-electron chi connectivity index (χ3n) is 4.55. The summed E-state index contributed by atoms with van der Waals surface area (Å²) in [6, 6.07) is 7.69. The first-order chi connectivity index (χ1) is 13.3. The van der Waals surface area contributed by atoms with E-state index in [-0.39, 0.29) is 39.9 Å². The lowest BCUT2D eigenvalue weighted by Crippen LogP contribution is -2.42. The molecule has 0 atom stereocenters. The highest BCUT2D eigenvalue weighted by Gasteiger charge is 2.32. The van der Waals surface area contributed by atoms with E-state index in [0.717, 1.165) is 5.56 Å². The molecule has 0 radical (unpaired) electrons. The van der Waals surface area contributed by atoms with Gasteiger partial charge in [0.1, 0.15) is 5.15 Å². The third kappa shape index (κ3) is 5.15. The van der Waals surface area contributed by atoms with Crippen molar-refractivity contribution in [1.29, 1.82) is 0 Å². The summed E-state index contributed by atoms with van der Waals surface area (Å²) in [5.41, 5.74) is 0.843. The van der Waals surface area contributed by atoms with Gasteiger partial charge in [0.05, 0.1) is 4.90 Å². The Morgan fingerprint density at radius 2 is 1.75 bits per heavy atom. The number of nitrogens with zero attached hydrogens (tertiary/aromatic N) is 2. The van der Waals surface area contributed by atoms with Crippen LogP contribution in [0.3, 0.4) is 0 Å². The number of nitrogens with one attached hydrogen (secondary N) is 1. The molecule has 3 rings (SSSR count). The largest absolute Gasteiger partial charge is 0.352 e. The number of piperidine rings is 1. The lowest BCUT2D eigenvalue weighted by molar-refractivity contribution is -0.126. The summed E-state index contributed by atoms with van der Waals surface area (Å²) in [4.78, 5) is 16.4. The lowest BCUT2D eigenvalue weighted by atomic mass is 9.97. The van der Waals surface area contributed by atoms with E-state index in [1.807, 2.05) is 0 Å². The Morgan fingerprint density at radius 1 is 1.11 bits per heavy atom. The van der Waals surface area contributed by atoms with Gasteiger partial charge in [-0.3, -0.25) is 4.79 Å². The second-order valence-electron chi connectivity index (χ2n) is 6.49. The van der Waals surface area contributed by atoms with Crippen LogP contribution in [0.1, 0.15) is 18.4 Å². The highest BCUT2D eigenvalue weighted by atomic mass is 35.5. The van der Waals surface area contributed by atoms with E-state index in [1.54, 1.807) is 18.3 Å². The molecular formula is C18H18Cl3N3O3S. The van der Waals surface area contributed by atoms with E-state index in [2.05, 4.69) is 10.3 Å². The van der Waals surface area contributed by atoms with E-state index in [4.69, 9.17) is 34.8 Å². The Bertz CT molecular complexity index is 940. The molecule has 1 saturated heterocycles.